The first kappa shape index (κ1) is 21.7. The summed E-state index contributed by atoms with van der Waals surface area (Å²) >= 11 is 0. The van der Waals surface area contributed by atoms with Gasteiger partial charge in [-0.3, -0.25) is 4.79 Å². The van der Waals surface area contributed by atoms with Crippen LogP contribution < -0.4 is 15.1 Å². The van der Waals surface area contributed by atoms with Gasteiger partial charge in [-0.15, -0.1) is 0 Å². The molecule has 2 heterocycles. The Balaban J connectivity index is 1.37. The van der Waals surface area contributed by atoms with Crippen LogP contribution >= 0.6 is 0 Å². The predicted octanol–water partition coefficient (Wildman–Crippen LogP) is 4.11. The molecule has 0 saturated carbocycles. The van der Waals surface area contributed by atoms with Crippen LogP contribution in [-0.4, -0.2) is 37.1 Å². The van der Waals surface area contributed by atoms with Gasteiger partial charge in [0.2, 0.25) is 5.91 Å². The van der Waals surface area contributed by atoms with Crippen molar-refractivity contribution < 1.29 is 13.6 Å². The molecule has 1 atom stereocenters. The number of halogens is 2. The van der Waals surface area contributed by atoms with Crippen LogP contribution in [0.2, 0.25) is 0 Å². The summed E-state index contributed by atoms with van der Waals surface area (Å²) in [5.41, 5.74) is 1.82. The zero-order chi connectivity index (χ0) is 22.5. The van der Waals surface area contributed by atoms with Gasteiger partial charge in [-0.05, 0) is 48.9 Å². The Kier molecular flexibility index (Phi) is 6.63. The van der Waals surface area contributed by atoms with E-state index in [9.17, 15) is 13.6 Å². The van der Waals surface area contributed by atoms with Gasteiger partial charge in [-0.25, -0.2) is 13.8 Å². The van der Waals surface area contributed by atoms with E-state index in [1.807, 2.05) is 37.3 Å². The maximum Gasteiger partial charge on any atom is 0.225 e. The molecular weight excluding hydrogens is 410 g/mol. The molecule has 1 fully saturated rings. The van der Waals surface area contributed by atoms with Crippen molar-refractivity contribution in [2.24, 2.45) is 0 Å². The van der Waals surface area contributed by atoms with Crippen molar-refractivity contribution in [1.82, 2.24) is 10.3 Å². The molecule has 1 aromatic heterocycles. The van der Waals surface area contributed by atoms with Crippen molar-refractivity contribution in [3.05, 3.63) is 89.6 Å². The van der Waals surface area contributed by atoms with Gasteiger partial charge in [-0.2, -0.15) is 0 Å². The lowest BCUT2D eigenvalue weighted by atomic mass is 10.1. The average Bonchev–Trinajstić information content (AvgIpc) is 2.82. The van der Waals surface area contributed by atoms with Crippen LogP contribution in [-0.2, 0) is 11.2 Å². The summed E-state index contributed by atoms with van der Waals surface area (Å²) in [5, 5.41) is 2.85. The number of rotatable bonds is 6. The van der Waals surface area contributed by atoms with Gasteiger partial charge in [-0.1, -0.05) is 24.3 Å². The third-order valence-electron chi connectivity index (χ3n) is 5.76. The van der Waals surface area contributed by atoms with Crippen molar-refractivity contribution in [2.75, 3.05) is 36.0 Å². The molecule has 2 aromatic carbocycles. The second-order valence-electron chi connectivity index (χ2n) is 7.92. The number of benzene rings is 2. The summed E-state index contributed by atoms with van der Waals surface area (Å²) in [6, 6.07) is 17.3. The maximum absolute atomic E-state index is 13.8. The summed E-state index contributed by atoms with van der Waals surface area (Å²) in [5.74, 6) is -0.848. The largest absolute Gasteiger partial charge is 0.368 e. The lowest BCUT2D eigenvalue weighted by Gasteiger charge is -2.37. The second-order valence-corrected chi connectivity index (χ2v) is 7.92. The molecule has 0 radical (unpaired) electrons. The fourth-order valence-electron chi connectivity index (χ4n) is 3.96. The molecule has 1 N–H and O–H groups in total. The molecule has 1 aliphatic rings. The molecule has 1 unspecified atom stereocenters. The predicted molar refractivity (Wildman–Crippen MR) is 122 cm³/mol. The van der Waals surface area contributed by atoms with E-state index in [0.717, 1.165) is 55.4 Å². The number of carbonyl (C=O) groups excluding carboxylic acids is 1. The van der Waals surface area contributed by atoms with Gasteiger partial charge in [0.1, 0.15) is 17.5 Å². The van der Waals surface area contributed by atoms with Crippen LogP contribution in [0.15, 0.2) is 66.9 Å². The average molecular weight is 437 g/mol. The number of amides is 1. The van der Waals surface area contributed by atoms with E-state index >= 15 is 0 Å². The van der Waals surface area contributed by atoms with Crippen molar-refractivity contribution >= 4 is 17.4 Å². The molecular formula is C25H26F2N4O. The minimum atomic E-state index is -0.709. The first-order valence-corrected chi connectivity index (χ1v) is 10.7. The number of nitrogens with zero attached hydrogens (tertiary/aromatic N) is 3. The highest BCUT2D eigenvalue weighted by Crippen LogP contribution is 2.23. The van der Waals surface area contributed by atoms with Gasteiger partial charge in [0.05, 0.1) is 12.5 Å². The van der Waals surface area contributed by atoms with E-state index in [2.05, 4.69) is 32.2 Å². The number of hydrogen-bond donors (Lipinski definition) is 1. The molecule has 5 nitrogen and oxygen atoms in total. The lowest BCUT2D eigenvalue weighted by molar-refractivity contribution is -0.121. The molecule has 4 rings (SSSR count). The van der Waals surface area contributed by atoms with Gasteiger partial charge in [0.25, 0.3) is 0 Å². The van der Waals surface area contributed by atoms with Crippen LogP contribution in [0.5, 0.6) is 0 Å². The van der Waals surface area contributed by atoms with Crippen LogP contribution in [0.4, 0.5) is 20.3 Å². The van der Waals surface area contributed by atoms with Gasteiger partial charge >= 0.3 is 0 Å². The number of pyridine rings is 1. The van der Waals surface area contributed by atoms with Crippen molar-refractivity contribution in [2.45, 2.75) is 19.4 Å². The van der Waals surface area contributed by atoms with Crippen LogP contribution in [0.1, 0.15) is 24.1 Å². The fraction of sp³-hybridized carbons (Fsp3) is 0.280. The highest BCUT2D eigenvalue weighted by Gasteiger charge is 2.20. The van der Waals surface area contributed by atoms with Crippen LogP contribution in [0.25, 0.3) is 0 Å². The summed E-state index contributed by atoms with van der Waals surface area (Å²) in [6.45, 7) is 5.36. The number of nitrogens with one attached hydrogen (secondary N) is 1. The smallest absolute Gasteiger partial charge is 0.225 e. The summed E-state index contributed by atoms with van der Waals surface area (Å²) in [4.78, 5) is 21.4. The van der Waals surface area contributed by atoms with Gasteiger partial charge in [0, 0.05) is 43.6 Å². The maximum atomic E-state index is 13.8. The van der Waals surface area contributed by atoms with E-state index in [4.69, 9.17) is 0 Å². The molecule has 7 heteroatoms. The van der Waals surface area contributed by atoms with E-state index in [-0.39, 0.29) is 18.0 Å². The molecule has 32 heavy (non-hydrogen) atoms. The van der Waals surface area contributed by atoms with Crippen molar-refractivity contribution in [3.63, 3.8) is 0 Å². The summed E-state index contributed by atoms with van der Waals surface area (Å²) in [6.07, 6.45) is 1.47. The molecule has 1 aliphatic heterocycles. The Morgan fingerprint density at radius 1 is 0.969 bits per heavy atom. The normalized spacial score (nSPS) is 14.8. The van der Waals surface area contributed by atoms with Crippen molar-refractivity contribution in [1.29, 1.82) is 0 Å². The van der Waals surface area contributed by atoms with Crippen molar-refractivity contribution in [3.8, 4) is 0 Å². The Hall–Kier alpha value is -3.48. The molecule has 0 aliphatic carbocycles. The minimum Gasteiger partial charge on any atom is -0.368 e. The molecule has 1 saturated heterocycles. The Morgan fingerprint density at radius 3 is 2.34 bits per heavy atom. The van der Waals surface area contributed by atoms with Crippen LogP contribution in [0.3, 0.4) is 0 Å². The standard InChI is InChI=1S/C25H26F2N4O/c1-18(29-25(32)17-21-22(26)8-5-9-23(21)27)19-6-4-7-20(16-19)30-12-14-31(15-13-30)24-10-2-3-11-28-24/h2-11,16,18H,12-15,17H2,1H3,(H,29,32). The van der Waals surface area contributed by atoms with E-state index in [0.29, 0.717) is 0 Å². The zero-order valence-corrected chi connectivity index (χ0v) is 18.0. The number of hydrogen-bond acceptors (Lipinski definition) is 4. The molecule has 0 bridgehead atoms. The Labute approximate surface area is 186 Å². The molecule has 166 valence electrons. The fourth-order valence-corrected chi connectivity index (χ4v) is 3.96. The first-order valence-electron chi connectivity index (χ1n) is 10.7. The first-order chi connectivity index (χ1) is 15.5. The van der Waals surface area contributed by atoms with E-state index in [1.165, 1.54) is 6.07 Å². The zero-order valence-electron chi connectivity index (χ0n) is 18.0. The molecule has 3 aromatic rings. The Bertz CT molecular complexity index is 1050. The number of anilines is 2. The quantitative estimate of drug-likeness (QED) is 0.632. The summed E-state index contributed by atoms with van der Waals surface area (Å²) in [7, 11) is 0. The summed E-state index contributed by atoms with van der Waals surface area (Å²) < 4.78 is 27.7. The monoisotopic (exact) mass is 436 g/mol. The minimum absolute atomic E-state index is 0.211. The number of piperazine rings is 1. The number of carbonyl (C=O) groups is 1. The highest BCUT2D eigenvalue weighted by atomic mass is 19.1. The van der Waals surface area contributed by atoms with Crippen LogP contribution in [0, 0.1) is 11.6 Å². The van der Waals surface area contributed by atoms with E-state index in [1.54, 1.807) is 6.20 Å². The lowest BCUT2D eigenvalue weighted by Crippen LogP contribution is -2.46. The third-order valence-corrected chi connectivity index (χ3v) is 5.76. The van der Waals surface area contributed by atoms with Gasteiger partial charge in [0.15, 0.2) is 0 Å². The van der Waals surface area contributed by atoms with Gasteiger partial charge < -0.3 is 15.1 Å². The van der Waals surface area contributed by atoms with E-state index < -0.39 is 17.5 Å². The third kappa shape index (κ3) is 5.04. The second kappa shape index (κ2) is 9.77. The SMILES string of the molecule is CC(NC(=O)Cc1c(F)cccc1F)c1cccc(N2CCN(c3ccccn3)CC2)c1. The Morgan fingerprint density at radius 2 is 1.66 bits per heavy atom. The topological polar surface area (TPSA) is 48.5 Å². The highest BCUT2D eigenvalue weighted by molar-refractivity contribution is 5.79. The number of aromatic nitrogens is 1. The molecule has 0 spiro atoms. The molecule has 1 amide bonds.